The van der Waals surface area contributed by atoms with Crippen molar-refractivity contribution in [2.24, 2.45) is 0 Å². The van der Waals surface area contributed by atoms with Gasteiger partial charge in [-0.05, 0) is 44.2 Å². The molecule has 4 nitrogen and oxygen atoms in total. The van der Waals surface area contributed by atoms with Crippen molar-refractivity contribution in [2.45, 2.75) is 38.7 Å². The van der Waals surface area contributed by atoms with E-state index in [1.807, 2.05) is 13.0 Å². The third-order valence-electron chi connectivity index (χ3n) is 2.87. The first-order chi connectivity index (χ1) is 8.24. The third-order valence-corrected chi connectivity index (χ3v) is 3.04. The highest BCUT2D eigenvalue weighted by Crippen LogP contribution is 2.16. The average molecular weight is 256 g/mol. The number of nitrogens with zero attached hydrogens (tertiary/aromatic N) is 2. The van der Waals surface area contributed by atoms with Crippen molar-refractivity contribution in [3.05, 3.63) is 17.0 Å². The van der Waals surface area contributed by atoms with Gasteiger partial charge in [-0.15, -0.1) is 0 Å². The van der Waals surface area contributed by atoms with Gasteiger partial charge in [0.1, 0.15) is 5.82 Å². The summed E-state index contributed by atoms with van der Waals surface area (Å²) >= 11 is 5.79. The highest BCUT2D eigenvalue weighted by molar-refractivity contribution is 6.28. The lowest BCUT2D eigenvalue weighted by Gasteiger charge is -2.22. The quantitative estimate of drug-likeness (QED) is 0.841. The van der Waals surface area contributed by atoms with E-state index < -0.39 is 0 Å². The maximum atomic E-state index is 5.79. The minimum Gasteiger partial charge on any atom is -0.378 e. The molecule has 0 amide bonds. The summed E-state index contributed by atoms with van der Waals surface area (Å²) in [6, 6.07) is 1.90. The topological polar surface area (TPSA) is 47.0 Å². The van der Waals surface area contributed by atoms with Gasteiger partial charge < -0.3 is 10.1 Å². The second kappa shape index (κ2) is 6.17. The molecule has 0 bridgehead atoms. The van der Waals surface area contributed by atoms with E-state index in [9.17, 15) is 0 Å². The van der Waals surface area contributed by atoms with Gasteiger partial charge in [-0.2, -0.15) is 0 Å². The number of anilines is 1. The van der Waals surface area contributed by atoms with Crippen LogP contribution in [0.15, 0.2) is 6.07 Å². The van der Waals surface area contributed by atoms with Crippen LogP contribution in [-0.2, 0) is 4.74 Å². The molecule has 1 aliphatic rings. The van der Waals surface area contributed by atoms with Gasteiger partial charge in [0.25, 0.3) is 0 Å². The first kappa shape index (κ1) is 12.6. The van der Waals surface area contributed by atoms with Gasteiger partial charge in [-0.1, -0.05) is 0 Å². The van der Waals surface area contributed by atoms with Crippen LogP contribution in [0.4, 0.5) is 5.82 Å². The molecule has 94 valence electrons. The molecule has 1 atom stereocenters. The minimum atomic E-state index is 0.293. The highest BCUT2D eigenvalue weighted by atomic mass is 35.5. The molecule has 1 N–H and O–H groups in total. The number of rotatable bonds is 4. The van der Waals surface area contributed by atoms with Crippen molar-refractivity contribution < 1.29 is 4.74 Å². The van der Waals surface area contributed by atoms with Crippen molar-refractivity contribution >= 4 is 17.4 Å². The molecule has 1 saturated heterocycles. The minimum absolute atomic E-state index is 0.293. The van der Waals surface area contributed by atoms with E-state index in [2.05, 4.69) is 15.3 Å². The van der Waals surface area contributed by atoms with Crippen molar-refractivity contribution in [3.63, 3.8) is 0 Å². The van der Waals surface area contributed by atoms with E-state index in [1.165, 1.54) is 19.3 Å². The molecule has 0 aromatic carbocycles. The number of ether oxygens (including phenoxy) is 1. The molecule has 0 saturated carbocycles. The molecule has 1 aromatic heterocycles. The molecular weight excluding hydrogens is 238 g/mol. The lowest BCUT2D eigenvalue weighted by atomic mass is 10.1. The van der Waals surface area contributed by atoms with Gasteiger partial charge in [0.05, 0.1) is 6.10 Å². The van der Waals surface area contributed by atoms with Crippen molar-refractivity contribution in [3.8, 4) is 0 Å². The van der Waals surface area contributed by atoms with Crippen LogP contribution < -0.4 is 5.32 Å². The second-order valence-corrected chi connectivity index (χ2v) is 4.71. The molecule has 17 heavy (non-hydrogen) atoms. The van der Waals surface area contributed by atoms with Crippen molar-refractivity contribution in [1.82, 2.24) is 9.97 Å². The van der Waals surface area contributed by atoms with E-state index in [0.717, 1.165) is 31.1 Å². The van der Waals surface area contributed by atoms with Crippen LogP contribution in [0.1, 0.15) is 31.4 Å². The van der Waals surface area contributed by atoms with Crippen molar-refractivity contribution in [2.75, 3.05) is 18.5 Å². The number of halogens is 1. The number of aryl methyl sites for hydroxylation is 1. The maximum Gasteiger partial charge on any atom is 0.224 e. The van der Waals surface area contributed by atoms with Gasteiger partial charge in [0.15, 0.2) is 0 Å². The van der Waals surface area contributed by atoms with E-state index in [4.69, 9.17) is 16.3 Å². The zero-order valence-electron chi connectivity index (χ0n) is 10.1. The number of nitrogens with one attached hydrogen (secondary N) is 1. The molecule has 2 heterocycles. The molecule has 2 rings (SSSR count). The Labute approximate surface area is 107 Å². The standard InChI is InChI=1S/C12H18ClN3O/c1-9-8-11(16-12(13)15-9)14-6-5-10-4-2-3-7-17-10/h8,10H,2-7H2,1H3,(H,14,15,16). The monoisotopic (exact) mass is 255 g/mol. The molecule has 5 heteroatoms. The van der Waals surface area contributed by atoms with Gasteiger partial charge in [-0.3, -0.25) is 0 Å². The summed E-state index contributed by atoms with van der Waals surface area (Å²) in [4.78, 5) is 8.14. The van der Waals surface area contributed by atoms with Crippen LogP contribution in [0.25, 0.3) is 0 Å². The van der Waals surface area contributed by atoms with Crippen LogP contribution in [-0.4, -0.2) is 29.2 Å². The number of hydrogen-bond acceptors (Lipinski definition) is 4. The molecular formula is C12H18ClN3O. The predicted octanol–water partition coefficient (Wildman–Crippen LogP) is 2.81. The summed E-state index contributed by atoms with van der Waals surface area (Å²) in [6.45, 7) is 3.67. The Hall–Kier alpha value is -0.870. The van der Waals surface area contributed by atoms with Crippen molar-refractivity contribution in [1.29, 1.82) is 0 Å². The summed E-state index contributed by atoms with van der Waals surface area (Å²) in [5, 5.41) is 3.55. The Morgan fingerprint density at radius 1 is 1.47 bits per heavy atom. The first-order valence-electron chi connectivity index (χ1n) is 6.11. The van der Waals surface area contributed by atoms with Crippen LogP contribution in [0, 0.1) is 6.92 Å². The normalized spacial score (nSPS) is 20.2. The number of hydrogen-bond donors (Lipinski definition) is 1. The summed E-state index contributed by atoms with van der Waals surface area (Å²) in [5.74, 6) is 0.790. The summed E-state index contributed by atoms with van der Waals surface area (Å²) in [6.07, 6.45) is 5.06. The van der Waals surface area contributed by atoms with Gasteiger partial charge in [-0.25, -0.2) is 9.97 Å². The van der Waals surface area contributed by atoms with E-state index in [0.29, 0.717) is 11.4 Å². The highest BCUT2D eigenvalue weighted by Gasteiger charge is 2.13. The Bertz CT molecular complexity index is 347. The molecule has 1 fully saturated rings. The van der Waals surface area contributed by atoms with E-state index in [1.54, 1.807) is 0 Å². The largest absolute Gasteiger partial charge is 0.378 e. The number of aromatic nitrogens is 2. The zero-order chi connectivity index (χ0) is 12.1. The zero-order valence-corrected chi connectivity index (χ0v) is 10.8. The Morgan fingerprint density at radius 3 is 3.06 bits per heavy atom. The third kappa shape index (κ3) is 4.13. The van der Waals surface area contributed by atoms with Crippen LogP contribution in [0.5, 0.6) is 0 Å². The van der Waals surface area contributed by atoms with Gasteiger partial charge >= 0.3 is 0 Å². The SMILES string of the molecule is Cc1cc(NCCC2CCCCO2)nc(Cl)n1. The molecule has 1 unspecified atom stereocenters. The Morgan fingerprint density at radius 2 is 2.35 bits per heavy atom. The summed E-state index contributed by atoms with van der Waals surface area (Å²) in [7, 11) is 0. The first-order valence-corrected chi connectivity index (χ1v) is 6.48. The summed E-state index contributed by atoms with van der Waals surface area (Å²) in [5.41, 5.74) is 0.876. The lowest BCUT2D eigenvalue weighted by Crippen LogP contribution is -2.22. The molecule has 0 radical (unpaired) electrons. The van der Waals surface area contributed by atoms with Gasteiger partial charge in [0, 0.05) is 24.9 Å². The second-order valence-electron chi connectivity index (χ2n) is 4.37. The van der Waals surface area contributed by atoms with Gasteiger partial charge in [0.2, 0.25) is 5.28 Å². The fourth-order valence-corrected chi connectivity index (χ4v) is 2.24. The Balaban J connectivity index is 1.77. The molecule has 0 aliphatic carbocycles. The summed E-state index contributed by atoms with van der Waals surface area (Å²) < 4.78 is 5.66. The molecule has 1 aliphatic heterocycles. The average Bonchev–Trinajstić information content (AvgIpc) is 2.29. The van der Waals surface area contributed by atoms with Crippen LogP contribution in [0.2, 0.25) is 5.28 Å². The molecule has 1 aromatic rings. The molecule has 0 spiro atoms. The smallest absolute Gasteiger partial charge is 0.224 e. The lowest BCUT2D eigenvalue weighted by molar-refractivity contribution is 0.0134. The fourth-order valence-electron chi connectivity index (χ4n) is 2.02. The predicted molar refractivity (Wildman–Crippen MR) is 68.5 cm³/mol. The van der Waals surface area contributed by atoms with E-state index >= 15 is 0 Å². The van der Waals surface area contributed by atoms with E-state index in [-0.39, 0.29) is 0 Å². The van der Waals surface area contributed by atoms with Crippen LogP contribution >= 0.6 is 11.6 Å². The Kier molecular flexibility index (Phi) is 4.57. The maximum absolute atomic E-state index is 5.79. The van der Waals surface area contributed by atoms with Crippen LogP contribution in [0.3, 0.4) is 0 Å². The fraction of sp³-hybridized carbons (Fsp3) is 0.667.